The van der Waals surface area contributed by atoms with Crippen LogP contribution < -0.4 is 4.90 Å². The molecule has 0 radical (unpaired) electrons. The molecule has 1 atom stereocenters. The van der Waals surface area contributed by atoms with E-state index in [-0.39, 0.29) is 17.5 Å². The fourth-order valence-corrected chi connectivity index (χ4v) is 3.53. The maximum Gasteiger partial charge on any atom is 0.237 e. The lowest BCUT2D eigenvalue weighted by molar-refractivity contribution is 0.496. The summed E-state index contributed by atoms with van der Waals surface area (Å²) < 4.78 is 102. The van der Waals surface area contributed by atoms with Gasteiger partial charge in [-0.2, -0.15) is 4.98 Å². The van der Waals surface area contributed by atoms with Gasteiger partial charge in [-0.1, -0.05) is 37.2 Å². The van der Waals surface area contributed by atoms with Crippen LogP contribution in [0.2, 0.25) is 0 Å². The number of anilines is 1. The number of imidazole rings is 1. The Morgan fingerprint density at radius 3 is 2.87 bits per heavy atom. The predicted molar refractivity (Wildman–Crippen MR) is 115 cm³/mol. The van der Waals surface area contributed by atoms with Gasteiger partial charge in [0.1, 0.15) is 17.3 Å². The van der Waals surface area contributed by atoms with Gasteiger partial charge in [0, 0.05) is 39.1 Å². The van der Waals surface area contributed by atoms with Crippen molar-refractivity contribution in [2.75, 3.05) is 4.90 Å². The molecule has 0 saturated carbocycles. The van der Waals surface area contributed by atoms with Crippen molar-refractivity contribution in [2.24, 2.45) is 0 Å². The number of aromatic nitrogens is 7. The molecule has 30 heavy (non-hydrogen) atoms. The first-order chi connectivity index (χ1) is 19.3. The van der Waals surface area contributed by atoms with Crippen molar-refractivity contribution < 1.29 is 16.4 Å². The molecule has 1 aliphatic heterocycles. The summed E-state index contributed by atoms with van der Waals surface area (Å²) in [5, 5.41) is 7.86. The topological polar surface area (TPSA) is 77.5 Å². The van der Waals surface area contributed by atoms with E-state index >= 15 is 0 Å². The zero-order valence-corrected chi connectivity index (χ0v) is 15.8. The highest BCUT2D eigenvalue weighted by Crippen LogP contribution is 2.40. The first-order valence-electron chi connectivity index (χ1n) is 15.0. The van der Waals surface area contributed by atoms with Crippen LogP contribution in [0.4, 0.5) is 5.82 Å². The molecular formula is C22H24N8. The monoisotopic (exact) mass is 412 g/mol. The summed E-state index contributed by atoms with van der Waals surface area (Å²) in [7, 11) is 0. The molecule has 0 bridgehead atoms. The maximum absolute atomic E-state index is 9.05. The minimum absolute atomic E-state index is 0.0691. The summed E-state index contributed by atoms with van der Waals surface area (Å²) in [4.78, 5) is 13.6. The summed E-state index contributed by atoms with van der Waals surface area (Å²) in [5.74, 6) is -0.550. The Balaban J connectivity index is 1.88. The van der Waals surface area contributed by atoms with E-state index in [0.717, 1.165) is 0 Å². The number of nitrogens with zero attached hydrogens (tertiary/aromatic N) is 8. The standard InChI is InChI=1S/C22H24N8/c1-5-17-21-27-26-15(4)30(21)18-13-24-22(25-20(18)29(17)14(2)3)28-12-11-23-19(28)16-9-7-6-8-10-16/h6-14,17H,5H2,1-4H3/i1D3,2D3,3D3,5D2,14D. The fourth-order valence-electron chi connectivity index (χ4n) is 3.53. The molecule has 0 saturated heterocycles. The minimum atomic E-state index is -3.63. The van der Waals surface area contributed by atoms with Gasteiger partial charge in [-0.25, -0.2) is 9.97 Å². The van der Waals surface area contributed by atoms with Gasteiger partial charge in [-0.05, 0) is 27.0 Å². The van der Waals surface area contributed by atoms with Crippen LogP contribution in [0.15, 0.2) is 48.9 Å². The van der Waals surface area contributed by atoms with Crippen LogP contribution in [0.3, 0.4) is 0 Å². The first-order valence-corrected chi connectivity index (χ1v) is 9.00. The molecule has 5 rings (SSSR count). The third-order valence-electron chi connectivity index (χ3n) is 4.82. The second kappa shape index (κ2) is 7.05. The Hall–Kier alpha value is -3.55. The molecule has 0 spiro atoms. The highest BCUT2D eigenvalue weighted by molar-refractivity contribution is 5.64. The number of hydrogen-bond acceptors (Lipinski definition) is 6. The van der Waals surface area contributed by atoms with Crippen LogP contribution in [0.1, 0.15) is 61.1 Å². The predicted octanol–water partition coefficient (Wildman–Crippen LogP) is 3.90. The zero-order valence-electron chi connectivity index (χ0n) is 27.8. The summed E-state index contributed by atoms with van der Waals surface area (Å²) >= 11 is 0. The van der Waals surface area contributed by atoms with Crippen LogP contribution >= 0.6 is 0 Å². The van der Waals surface area contributed by atoms with E-state index in [0.29, 0.717) is 16.3 Å². The normalized spacial score (nSPS) is 23.4. The fraction of sp³-hybridized carbons (Fsp3) is 0.318. The number of benzene rings is 1. The second-order valence-electron chi connectivity index (χ2n) is 6.57. The van der Waals surface area contributed by atoms with Gasteiger partial charge in [0.05, 0.1) is 13.6 Å². The average molecular weight is 413 g/mol. The lowest BCUT2D eigenvalue weighted by Crippen LogP contribution is -2.40. The highest BCUT2D eigenvalue weighted by atomic mass is 15.4. The average Bonchev–Trinajstić information content (AvgIpc) is 3.53. The summed E-state index contributed by atoms with van der Waals surface area (Å²) in [6.07, 6.45) is 0.841. The van der Waals surface area contributed by atoms with Crippen LogP contribution in [-0.2, 0) is 0 Å². The Kier molecular flexibility index (Phi) is 2.23. The molecule has 8 heteroatoms. The van der Waals surface area contributed by atoms with Crippen molar-refractivity contribution >= 4 is 5.82 Å². The number of aryl methyl sites for hydroxylation is 1. The van der Waals surface area contributed by atoms with Gasteiger partial charge in [-0.3, -0.25) is 9.13 Å². The van der Waals surface area contributed by atoms with Crippen LogP contribution in [0.5, 0.6) is 0 Å². The SMILES string of the molecule is [2H]C([2H])([2H])C([2H])([2H])C1c2nnc(C)n2-c2cnc(-n3ccnc3-c3ccccc3)nc2N1C([2H])(C([2H])([2H])[2H])C([2H])([2H])[2H]. The largest absolute Gasteiger partial charge is 0.342 e. The van der Waals surface area contributed by atoms with Crippen LogP contribution in [0, 0.1) is 6.92 Å². The summed E-state index contributed by atoms with van der Waals surface area (Å²) in [6.45, 7) is -9.21. The van der Waals surface area contributed by atoms with Crippen LogP contribution in [0.25, 0.3) is 23.0 Å². The Morgan fingerprint density at radius 2 is 2.07 bits per heavy atom. The highest BCUT2D eigenvalue weighted by Gasteiger charge is 2.36. The number of rotatable bonds is 4. The minimum Gasteiger partial charge on any atom is -0.342 e. The molecular weight excluding hydrogens is 376 g/mol. The van der Waals surface area contributed by atoms with E-state index in [9.17, 15) is 0 Å². The molecule has 0 N–H and O–H groups in total. The van der Waals surface area contributed by atoms with E-state index in [1.54, 1.807) is 30.3 Å². The van der Waals surface area contributed by atoms with Gasteiger partial charge < -0.3 is 4.90 Å². The van der Waals surface area contributed by atoms with E-state index in [4.69, 9.17) is 16.4 Å². The van der Waals surface area contributed by atoms with Gasteiger partial charge in [-0.15, -0.1) is 10.2 Å². The van der Waals surface area contributed by atoms with Crippen molar-refractivity contribution in [3.63, 3.8) is 0 Å². The van der Waals surface area contributed by atoms with Crippen molar-refractivity contribution in [3.05, 3.63) is 60.6 Å². The van der Waals surface area contributed by atoms with E-state index in [2.05, 4.69) is 25.1 Å². The Bertz CT molecular complexity index is 1610. The molecule has 0 aliphatic carbocycles. The molecule has 3 aromatic heterocycles. The van der Waals surface area contributed by atoms with Gasteiger partial charge in [0.2, 0.25) is 5.95 Å². The molecule has 1 unspecified atom stereocenters. The van der Waals surface area contributed by atoms with E-state index in [1.165, 1.54) is 34.6 Å². The smallest absolute Gasteiger partial charge is 0.237 e. The van der Waals surface area contributed by atoms with Crippen molar-refractivity contribution in [2.45, 2.75) is 45.9 Å². The quantitative estimate of drug-likeness (QED) is 0.506. The van der Waals surface area contributed by atoms with Crippen molar-refractivity contribution in [1.29, 1.82) is 0 Å². The molecule has 4 aromatic rings. The molecule has 1 aliphatic rings. The number of fused-ring (bicyclic) bond motifs is 3. The molecule has 4 heterocycles. The summed E-state index contributed by atoms with van der Waals surface area (Å²) in [6, 6.07) is 3.05. The lowest BCUT2D eigenvalue weighted by atomic mass is 10.1. The zero-order chi connectivity index (χ0) is 31.0. The molecule has 0 fully saturated rings. The third-order valence-corrected chi connectivity index (χ3v) is 4.82. The van der Waals surface area contributed by atoms with Crippen molar-refractivity contribution in [1.82, 2.24) is 34.3 Å². The molecule has 0 amide bonds. The Morgan fingerprint density at radius 1 is 1.20 bits per heavy atom. The van der Waals surface area contributed by atoms with Crippen LogP contribution in [-0.4, -0.2) is 40.3 Å². The third kappa shape index (κ3) is 2.71. The van der Waals surface area contributed by atoms with Gasteiger partial charge >= 0.3 is 0 Å². The molecule has 152 valence electrons. The number of hydrogen-bond donors (Lipinski definition) is 0. The molecule has 1 aromatic carbocycles. The van der Waals surface area contributed by atoms with Gasteiger partial charge in [0.25, 0.3) is 0 Å². The molecule has 8 nitrogen and oxygen atoms in total. The van der Waals surface area contributed by atoms with E-state index < -0.39 is 50.6 Å². The first kappa shape index (κ1) is 9.51. The summed E-state index contributed by atoms with van der Waals surface area (Å²) in [5.41, 5.74) is 0.592. The van der Waals surface area contributed by atoms with E-state index in [1.807, 2.05) is 0 Å². The van der Waals surface area contributed by atoms with Gasteiger partial charge in [0.15, 0.2) is 11.6 Å². The lowest BCUT2D eigenvalue weighted by Gasteiger charge is -2.39. The second-order valence-corrected chi connectivity index (χ2v) is 6.57. The maximum atomic E-state index is 9.05. The Labute approximate surface area is 192 Å². The van der Waals surface area contributed by atoms with Crippen molar-refractivity contribution in [3.8, 4) is 23.0 Å².